The maximum atomic E-state index is 10.6. The lowest BCUT2D eigenvalue weighted by molar-refractivity contribution is -0.147. The molecule has 1 unspecified atom stereocenters. The number of likely N-dealkylation sites (tertiary alicyclic amines) is 1. The van der Waals surface area contributed by atoms with E-state index in [1.165, 1.54) is 25.7 Å². The molecule has 15 heavy (non-hydrogen) atoms. The Morgan fingerprint density at radius 2 is 2.13 bits per heavy atom. The first-order valence-corrected chi connectivity index (χ1v) is 6.12. The lowest BCUT2D eigenvalue weighted by Gasteiger charge is -2.38. The van der Waals surface area contributed by atoms with Crippen molar-refractivity contribution in [1.29, 1.82) is 0 Å². The van der Waals surface area contributed by atoms with Gasteiger partial charge in [0.1, 0.15) is 0 Å². The summed E-state index contributed by atoms with van der Waals surface area (Å²) in [7, 11) is 0. The van der Waals surface area contributed by atoms with Gasteiger partial charge in [0.05, 0.1) is 5.92 Å². The Hall–Kier alpha value is -0.570. The Bertz CT molecular complexity index is 200. The number of carboxylic acid groups (broad SMARTS) is 1. The lowest BCUT2D eigenvalue weighted by atomic mass is 9.94. The summed E-state index contributed by atoms with van der Waals surface area (Å²) in [4.78, 5) is 12.9. The molecule has 1 N–H and O–H groups in total. The van der Waals surface area contributed by atoms with Crippen LogP contribution in [0, 0.1) is 11.8 Å². The fourth-order valence-electron chi connectivity index (χ4n) is 2.16. The van der Waals surface area contributed by atoms with E-state index in [0.29, 0.717) is 0 Å². The number of carboxylic acids is 1. The second-order valence-electron chi connectivity index (χ2n) is 4.67. The van der Waals surface area contributed by atoms with E-state index in [4.69, 9.17) is 5.11 Å². The van der Waals surface area contributed by atoms with E-state index in [9.17, 15) is 4.79 Å². The van der Waals surface area contributed by atoms with Crippen molar-refractivity contribution in [2.45, 2.75) is 39.5 Å². The zero-order chi connectivity index (χ0) is 11.3. The second-order valence-corrected chi connectivity index (χ2v) is 4.67. The molecule has 3 nitrogen and oxygen atoms in total. The van der Waals surface area contributed by atoms with Crippen LogP contribution in [-0.4, -0.2) is 35.6 Å². The maximum absolute atomic E-state index is 10.6. The van der Waals surface area contributed by atoms with Gasteiger partial charge in [-0.3, -0.25) is 4.79 Å². The molecule has 0 bridgehead atoms. The van der Waals surface area contributed by atoms with E-state index in [2.05, 4.69) is 18.7 Å². The quantitative estimate of drug-likeness (QED) is 0.705. The van der Waals surface area contributed by atoms with E-state index < -0.39 is 5.97 Å². The van der Waals surface area contributed by atoms with Gasteiger partial charge in [-0.15, -0.1) is 0 Å². The highest BCUT2D eigenvalue weighted by atomic mass is 16.4. The van der Waals surface area contributed by atoms with Crippen LogP contribution in [0.2, 0.25) is 0 Å². The molecule has 0 amide bonds. The van der Waals surface area contributed by atoms with Crippen LogP contribution in [0.1, 0.15) is 39.5 Å². The van der Waals surface area contributed by atoms with Crippen molar-refractivity contribution in [1.82, 2.24) is 4.90 Å². The molecule has 1 saturated heterocycles. The predicted octanol–water partition coefficient (Wildman–Crippen LogP) is 2.22. The highest BCUT2D eigenvalue weighted by molar-refractivity contribution is 5.71. The molecule has 88 valence electrons. The number of nitrogens with zero attached hydrogens (tertiary/aromatic N) is 1. The highest BCUT2D eigenvalue weighted by Crippen LogP contribution is 2.21. The van der Waals surface area contributed by atoms with Crippen molar-refractivity contribution in [3.05, 3.63) is 0 Å². The predicted molar refractivity (Wildman–Crippen MR) is 60.9 cm³/mol. The summed E-state index contributed by atoms with van der Waals surface area (Å²) in [5, 5.41) is 8.76. The first-order valence-electron chi connectivity index (χ1n) is 6.12. The summed E-state index contributed by atoms with van der Waals surface area (Å²) in [6.07, 6.45) is 5.07. The molecule has 1 heterocycles. The van der Waals surface area contributed by atoms with Crippen LogP contribution < -0.4 is 0 Å². The Labute approximate surface area is 92.5 Å². The Kier molecular flexibility index (Phi) is 5.09. The van der Waals surface area contributed by atoms with E-state index in [1.54, 1.807) is 0 Å². The first kappa shape index (κ1) is 12.5. The monoisotopic (exact) mass is 213 g/mol. The molecule has 1 rings (SSSR count). The fourth-order valence-corrected chi connectivity index (χ4v) is 2.16. The SMILES string of the molecule is CCCCC(CC)CN1CC(C(=O)O)C1. The van der Waals surface area contributed by atoms with E-state index >= 15 is 0 Å². The van der Waals surface area contributed by atoms with Crippen LogP contribution in [-0.2, 0) is 4.79 Å². The third-order valence-electron chi connectivity index (χ3n) is 3.37. The number of rotatable bonds is 7. The van der Waals surface area contributed by atoms with Gasteiger partial charge in [-0.1, -0.05) is 33.1 Å². The molecule has 1 atom stereocenters. The van der Waals surface area contributed by atoms with Crippen LogP contribution >= 0.6 is 0 Å². The normalized spacial score (nSPS) is 19.9. The number of hydrogen-bond donors (Lipinski definition) is 1. The van der Waals surface area contributed by atoms with Gasteiger partial charge in [0.2, 0.25) is 0 Å². The average molecular weight is 213 g/mol. The standard InChI is InChI=1S/C12H23NO2/c1-3-5-6-10(4-2)7-13-8-11(9-13)12(14)15/h10-11H,3-9H2,1-2H3,(H,14,15). The third kappa shape index (κ3) is 3.82. The summed E-state index contributed by atoms with van der Waals surface area (Å²) >= 11 is 0. The Balaban J connectivity index is 2.15. The van der Waals surface area contributed by atoms with Crippen molar-refractivity contribution in [3.8, 4) is 0 Å². The average Bonchev–Trinajstić information content (AvgIpc) is 2.14. The van der Waals surface area contributed by atoms with Crippen LogP contribution in [0.25, 0.3) is 0 Å². The number of hydrogen-bond acceptors (Lipinski definition) is 2. The molecule has 1 fully saturated rings. The minimum atomic E-state index is -0.632. The van der Waals surface area contributed by atoms with Crippen LogP contribution in [0.5, 0.6) is 0 Å². The molecule has 0 aromatic heterocycles. The van der Waals surface area contributed by atoms with Gasteiger partial charge >= 0.3 is 5.97 Å². The molecule has 0 spiro atoms. The minimum Gasteiger partial charge on any atom is -0.481 e. The largest absolute Gasteiger partial charge is 0.481 e. The molecule has 1 aliphatic heterocycles. The molecule has 0 aromatic rings. The summed E-state index contributed by atoms with van der Waals surface area (Å²) in [5.74, 6) is 0.0289. The summed E-state index contributed by atoms with van der Waals surface area (Å²) in [5.41, 5.74) is 0. The highest BCUT2D eigenvalue weighted by Gasteiger charge is 2.32. The van der Waals surface area contributed by atoms with Crippen molar-refractivity contribution in [2.24, 2.45) is 11.8 Å². The van der Waals surface area contributed by atoms with E-state index in [1.807, 2.05) is 0 Å². The van der Waals surface area contributed by atoms with Crippen LogP contribution in [0.4, 0.5) is 0 Å². The van der Waals surface area contributed by atoms with Gasteiger partial charge < -0.3 is 10.0 Å². The number of carbonyl (C=O) groups is 1. The number of unbranched alkanes of at least 4 members (excludes halogenated alkanes) is 1. The summed E-state index contributed by atoms with van der Waals surface area (Å²) in [6, 6.07) is 0. The fraction of sp³-hybridized carbons (Fsp3) is 0.917. The summed E-state index contributed by atoms with van der Waals surface area (Å²) < 4.78 is 0. The van der Waals surface area contributed by atoms with Crippen molar-refractivity contribution in [2.75, 3.05) is 19.6 Å². The minimum absolute atomic E-state index is 0.103. The van der Waals surface area contributed by atoms with E-state index in [0.717, 1.165) is 25.6 Å². The molecule has 0 aliphatic carbocycles. The van der Waals surface area contributed by atoms with E-state index in [-0.39, 0.29) is 5.92 Å². The van der Waals surface area contributed by atoms with Crippen molar-refractivity contribution < 1.29 is 9.90 Å². The molecule has 0 saturated carbocycles. The second kappa shape index (κ2) is 6.11. The molecule has 0 radical (unpaired) electrons. The van der Waals surface area contributed by atoms with Crippen molar-refractivity contribution in [3.63, 3.8) is 0 Å². The molecular weight excluding hydrogens is 190 g/mol. The Morgan fingerprint density at radius 1 is 1.47 bits per heavy atom. The van der Waals surface area contributed by atoms with Gasteiger partial charge in [0.25, 0.3) is 0 Å². The van der Waals surface area contributed by atoms with Gasteiger partial charge in [-0.25, -0.2) is 0 Å². The smallest absolute Gasteiger partial charge is 0.309 e. The van der Waals surface area contributed by atoms with Gasteiger partial charge in [0.15, 0.2) is 0 Å². The molecular formula is C12H23NO2. The lowest BCUT2D eigenvalue weighted by Crippen LogP contribution is -2.51. The topological polar surface area (TPSA) is 40.5 Å². The first-order chi connectivity index (χ1) is 7.17. The van der Waals surface area contributed by atoms with Gasteiger partial charge in [-0.05, 0) is 12.3 Å². The zero-order valence-corrected chi connectivity index (χ0v) is 9.91. The zero-order valence-electron chi connectivity index (χ0n) is 9.91. The number of aliphatic carboxylic acids is 1. The molecule has 3 heteroatoms. The third-order valence-corrected chi connectivity index (χ3v) is 3.37. The van der Waals surface area contributed by atoms with Gasteiger partial charge in [0, 0.05) is 19.6 Å². The molecule has 0 aromatic carbocycles. The van der Waals surface area contributed by atoms with Crippen LogP contribution in [0.15, 0.2) is 0 Å². The maximum Gasteiger partial charge on any atom is 0.309 e. The Morgan fingerprint density at radius 3 is 2.60 bits per heavy atom. The summed E-state index contributed by atoms with van der Waals surface area (Å²) in [6.45, 7) is 7.07. The molecule has 1 aliphatic rings. The van der Waals surface area contributed by atoms with Crippen molar-refractivity contribution >= 4 is 5.97 Å². The van der Waals surface area contributed by atoms with Crippen LogP contribution in [0.3, 0.4) is 0 Å². The van der Waals surface area contributed by atoms with Gasteiger partial charge in [-0.2, -0.15) is 0 Å².